The summed E-state index contributed by atoms with van der Waals surface area (Å²) in [5.41, 5.74) is 1.26. The van der Waals surface area contributed by atoms with E-state index in [0.29, 0.717) is 6.04 Å². The molecule has 0 fully saturated rings. The molecular weight excluding hydrogens is 266 g/mol. The zero-order valence-corrected chi connectivity index (χ0v) is 13.0. The first kappa shape index (κ1) is 14.9. The highest BCUT2D eigenvalue weighted by Gasteiger charge is 2.08. The third-order valence-electron chi connectivity index (χ3n) is 3.31. The normalized spacial score (nSPS) is 12.2. The van der Waals surface area contributed by atoms with E-state index in [1.807, 2.05) is 37.4 Å². The van der Waals surface area contributed by atoms with Crippen LogP contribution in [0.5, 0.6) is 11.5 Å². The van der Waals surface area contributed by atoms with Crippen LogP contribution in [0.3, 0.4) is 0 Å². The van der Waals surface area contributed by atoms with Crippen LogP contribution in [0.2, 0.25) is 0 Å². The Morgan fingerprint density at radius 2 is 1.95 bits per heavy atom. The van der Waals surface area contributed by atoms with Gasteiger partial charge in [0.2, 0.25) is 0 Å². The van der Waals surface area contributed by atoms with Crippen LogP contribution < -0.4 is 10.1 Å². The summed E-state index contributed by atoms with van der Waals surface area (Å²) >= 11 is 1.70. The summed E-state index contributed by atoms with van der Waals surface area (Å²) in [6, 6.07) is 16.8. The van der Waals surface area contributed by atoms with Crippen molar-refractivity contribution in [2.75, 3.05) is 13.3 Å². The van der Waals surface area contributed by atoms with E-state index in [-0.39, 0.29) is 0 Å². The minimum atomic E-state index is 0.370. The van der Waals surface area contributed by atoms with Gasteiger partial charge in [0.25, 0.3) is 0 Å². The molecule has 0 amide bonds. The van der Waals surface area contributed by atoms with Crippen molar-refractivity contribution >= 4 is 11.8 Å². The lowest BCUT2D eigenvalue weighted by Crippen LogP contribution is -2.14. The molecule has 2 nitrogen and oxygen atoms in total. The molecule has 0 aromatic heterocycles. The highest BCUT2D eigenvalue weighted by atomic mass is 32.2. The van der Waals surface area contributed by atoms with Gasteiger partial charge in [0, 0.05) is 10.9 Å². The van der Waals surface area contributed by atoms with Crippen molar-refractivity contribution in [2.45, 2.75) is 24.3 Å². The summed E-state index contributed by atoms with van der Waals surface area (Å²) in [4.78, 5) is 1.15. The second kappa shape index (κ2) is 7.36. The topological polar surface area (TPSA) is 21.3 Å². The predicted molar refractivity (Wildman–Crippen MR) is 86.8 cm³/mol. The Morgan fingerprint density at radius 3 is 2.65 bits per heavy atom. The molecule has 3 heteroatoms. The molecule has 2 rings (SSSR count). The molecule has 2 aromatic rings. The highest BCUT2D eigenvalue weighted by Crippen LogP contribution is 2.32. The number of benzene rings is 2. The van der Waals surface area contributed by atoms with E-state index in [0.717, 1.165) is 22.8 Å². The number of nitrogens with one attached hydrogen (secondary N) is 1. The fourth-order valence-electron chi connectivity index (χ4n) is 2.23. The molecule has 1 unspecified atom stereocenters. The fourth-order valence-corrected chi connectivity index (χ4v) is 2.76. The van der Waals surface area contributed by atoms with Crippen molar-refractivity contribution in [2.24, 2.45) is 0 Å². The number of hydrogen-bond donors (Lipinski definition) is 1. The molecule has 2 aromatic carbocycles. The second-order valence-electron chi connectivity index (χ2n) is 4.57. The van der Waals surface area contributed by atoms with Crippen LogP contribution in [0, 0.1) is 0 Å². The van der Waals surface area contributed by atoms with Crippen molar-refractivity contribution in [1.29, 1.82) is 0 Å². The van der Waals surface area contributed by atoms with Crippen molar-refractivity contribution < 1.29 is 4.74 Å². The molecule has 0 heterocycles. The molecule has 0 saturated heterocycles. The van der Waals surface area contributed by atoms with Gasteiger partial charge in [0.05, 0.1) is 0 Å². The Hall–Kier alpha value is -1.45. The molecule has 0 spiro atoms. The highest BCUT2D eigenvalue weighted by molar-refractivity contribution is 7.98. The van der Waals surface area contributed by atoms with E-state index < -0.39 is 0 Å². The van der Waals surface area contributed by atoms with Crippen molar-refractivity contribution in [3.05, 3.63) is 54.1 Å². The largest absolute Gasteiger partial charge is 0.456 e. The summed E-state index contributed by atoms with van der Waals surface area (Å²) < 4.78 is 6.03. The van der Waals surface area contributed by atoms with Crippen LogP contribution in [0.4, 0.5) is 0 Å². The van der Waals surface area contributed by atoms with Crippen molar-refractivity contribution in [3.8, 4) is 11.5 Å². The Balaban J connectivity index is 2.23. The average Bonchev–Trinajstić information content (AvgIpc) is 2.49. The summed E-state index contributed by atoms with van der Waals surface area (Å²) in [5.74, 6) is 1.80. The number of rotatable bonds is 6. The molecule has 20 heavy (non-hydrogen) atoms. The molecule has 0 bridgehead atoms. The number of thioether (sulfide) groups is 1. The van der Waals surface area contributed by atoms with Crippen LogP contribution in [-0.4, -0.2) is 13.3 Å². The molecule has 0 radical (unpaired) electrons. The van der Waals surface area contributed by atoms with Gasteiger partial charge in [-0.05, 0) is 49.6 Å². The maximum atomic E-state index is 6.03. The van der Waals surface area contributed by atoms with Gasteiger partial charge in [-0.2, -0.15) is 0 Å². The van der Waals surface area contributed by atoms with E-state index in [2.05, 4.69) is 36.7 Å². The van der Waals surface area contributed by atoms with Crippen LogP contribution in [0.25, 0.3) is 0 Å². The lowest BCUT2D eigenvalue weighted by molar-refractivity contribution is 0.468. The molecule has 0 aliphatic rings. The number of ether oxygens (including phenoxy) is 1. The summed E-state index contributed by atoms with van der Waals surface area (Å²) in [7, 11) is 1.99. The Bertz CT molecular complexity index is 552. The van der Waals surface area contributed by atoms with Gasteiger partial charge < -0.3 is 10.1 Å². The molecule has 1 atom stereocenters. The summed E-state index contributed by atoms with van der Waals surface area (Å²) in [5, 5.41) is 3.32. The molecule has 0 aliphatic heterocycles. The Labute approximate surface area is 125 Å². The molecule has 0 aliphatic carbocycles. The van der Waals surface area contributed by atoms with E-state index in [1.165, 1.54) is 5.56 Å². The van der Waals surface area contributed by atoms with Gasteiger partial charge in [0.1, 0.15) is 11.5 Å². The standard InChI is InChI=1S/C17H21NOS/c1-4-15(18-2)13-8-7-9-14(12-13)19-16-10-5-6-11-17(16)20-3/h5-12,15,18H,4H2,1-3H3. The van der Waals surface area contributed by atoms with Crippen LogP contribution in [0.1, 0.15) is 24.9 Å². The maximum Gasteiger partial charge on any atom is 0.140 e. The summed E-state index contributed by atoms with van der Waals surface area (Å²) in [6.45, 7) is 2.18. The molecule has 106 valence electrons. The van der Waals surface area contributed by atoms with Crippen LogP contribution in [0.15, 0.2) is 53.4 Å². The second-order valence-corrected chi connectivity index (χ2v) is 5.42. The third kappa shape index (κ3) is 3.56. The van der Waals surface area contributed by atoms with Gasteiger partial charge in [-0.1, -0.05) is 31.2 Å². The van der Waals surface area contributed by atoms with Gasteiger partial charge in [0.15, 0.2) is 0 Å². The minimum absolute atomic E-state index is 0.370. The lowest BCUT2D eigenvalue weighted by atomic mass is 10.0. The van der Waals surface area contributed by atoms with E-state index >= 15 is 0 Å². The van der Waals surface area contributed by atoms with Gasteiger partial charge in [-0.15, -0.1) is 11.8 Å². The zero-order valence-electron chi connectivity index (χ0n) is 12.2. The van der Waals surface area contributed by atoms with E-state index in [1.54, 1.807) is 11.8 Å². The monoisotopic (exact) mass is 287 g/mol. The lowest BCUT2D eigenvalue weighted by Gasteiger charge is -2.16. The molecule has 1 N–H and O–H groups in total. The Morgan fingerprint density at radius 1 is 1.15 bits per heavy atom. The third-order valence-corrected chi connectivity index (χ3v) is 4.09. The van der Waals surface area contributed by atoms with Gasteiger partial charge in [-0.25, -0.2) is 0 Å². The first-order valence-corrected chi connectivity index (χ1v) is 8.09. The van der Waals surface area contributed by atoms with Gasteiger partial charge in [-0.3, -0.25) is 0 Å². The van der Waals surface area contributed by atoms with Crippen molar-refractivity contribution in [3.63, 3.8) is 0 Å². The van der Waals surface area contributed by atoms with Crippen molar-refractivity contribution in [1.82, 2.24) is 5.32 Å². The first-order valence-electron chi connectivity index (χ1n) is 6.86. The average molecular weight is 287 g/mol. The fraction of sp³-hybridized carbons (Fsp3) is 0.294. The number of hydrogen-bond acceptors (Lipinski definition) is 3. The number of para-hydroxylation sites is 1. The summed E-state index contributed by atoms with van der Waals surface area (Å²) in [6.07, 6.45) is 3.12. The van der Waals surface area contributed by atoms with Gasteiger partial charge >= 0.3 is 0 Å². The molecule has 0 saturated carbocycles. The van der Waals surface area contributed by atoms with E-state index in [9.17, 15) is 0 Å². The van der Waals surface area contributed by atoms with Crippen LogP contribution in [-0.2, 0) is 0 Å². The predicted octanol–water partition coefficient (Wildman–Crippen LogP) is 4.87. The van der Waals surface area contributed by atoms with Crippen LogP contribution >= 0.6 is 11.8 Å². The quantitative estimate of drug-likeness (QED) is 0.766. The SMILES string of the molecule is CCC(NC)c1cccc(Oc2ccccc2SC)c1. The van der Waals surface area contributed by atoms with E-state index in [4.69, 9.17) is 4.74 Å². The zero-order chi connectivity index (χ0) is 14.4. The molecular formula is C17H21NOS. The maximum absolute atomic E-state index is 6.03. The smallest absolute Gasteiger partial charge is 0.140 e. The first-order chi connectivity index (χ1) is 9.78. The minimum Gasteiger partial charge on any atom is -0.456 e. The Kier molecular flexibility index (Phi) is 5.50.